The average Bonchev–Trinajstić information content (AvgIpc) is 1.63. The maximum absolute atomic E-state index is 9.89. The van der Waals surface area contributed by atoms with E-state index in [2.05, 4.69) is 0 Å². The zero-order valence-electron chi connectivity index (χ0n) is 4.87. The maximum Gasteiger partial charge on any atom is 0.319 e. The number of carboxylic acids is 1. The van der Waals surface area contributed by atoms with Gasteiger partial charge >= 0.3 is 5.97 Å². The van der Waals surface area contributed by atoms with Crippen molar-refractivity contribution >= 4 is 12.2 Å². The summed E-state index contributed by atoms with van der Waals surface area (Å²) in [6, 6.07) is 0. The van der Waals surface area contributed by atoms with Crippen molar-refractivity contribution in [2.24, 2.45) is 5.84 Å². The zero-order chi connectivity index (χ0) is 7.28. The van der Waals surface area contributed by atoms with Crippen LogP contribution in [0.1, 0.15) is 0 Å². The summed E-state index contributed by atoms with van der Waals surface area (Å²) in [4.78, 5) is 9.89. The first kappa shape index (κ1) is 8.06. The zero-order valence-corrected chi connectivity index (χ0v) is 4.87. The van der Waals surface area contributed by atoms with Crippen molar-refractivity contribution in [3.05, 3.63) is 0 Å². The second-order valence-electron chi connectivity index (χ2n) is 1.53. The number of carboxylic acid groups (broad SMARTS) is 1. The van der Waals surface area contributed by atoms with Crippen LogP contribution in [-0.2, 0) is 4.79 Å². The van der Waals surface area contributed by atoms with Crippen LogP contribution in [0.5, 0.6) is 0 Å². The molecule has 0 spiro atoms. The van der Waals surface area contributed by atoms with Crippen LogP contribution in [0.2, 0.25) is 0 Å². The van der Waals surface area contributed by atoms with Gasteiger partial charge in [-0.3, -0.25) is 10.6 Å². The Hall–Kier alpha value is -0.940. The summed E-state index contributed by atoms with van der Waals surface area (Å²) in [5.74, 6) is 4.10. The third kappa shape index (κ3) is 4.92. The predicted octanol–water partition coefficient (Wildman–Crippen LogP) is -1.10. The summed E-state index contributed by atoms with van der Waals surface area (Å²) in [5, 5.41) is 15.7. The lowest BCUT2D eigenvalue weighted by Gasteiger charge is -2.08. The Balaban J connectivity index is 3.37. The van der Waals surface area contributed by atoms with Crippen molar-refractivity contribution in [1.82, 2.24) is 5.01 Å². The molecule has 0 amide bonds. The summed E-state index contributed by atoms with van der Waals surface area (Å²) >= 11 is 0. The van der Waals surface area contributed by atoms with E-state index in [0.717, 1.165) is 11.2 Å². The van der Waals surface area contributed by atoms with E-state index in [1.54, 1.807) is 0 Å². The molecule has 0 aromatic heterocycles. The molecule has 52 valence electrons. The van der Waals surface area contributed by atoms with Gasteiger partial charge in [0.25, 0.3) is 0 Å². The van der Waals surface area contributed by atoms with Crippen LogP contribution >= 0.6 is 0 Å². The Morgan fingerprint density at radius 1 is 1.89 bits per heavy atom. The molecule has 0 radical (unpaired) electrons. The lowest BCUT2D eigenvalue weighted by atomic mass is 10.6. The van der Waals surface area contributed by atoms with Gasteiger partial charge in [0.05, 0.1) is 0 Å². The van der Waals surface area contributed by atoms with Crippen LogP contribution in [0.15, 0.2) is 0 Å². The molecule has 0 rings (SSSR count). The fourth-order valence-electron chi connectivity index (χ4n) is 0.356. The Bertz CT molecular complexity index is 114. The molecule has 0 aromatic rings. The minimum Gasteiger partial charge on any atom is -0.480 e. The van der Waals surface area contributed by atoms with Crippen molar-refractivity contribution in [3.8, 4) is 0 Å². The number of carbonyl (C=O) groups is 1. The first-order valence-corrected chi connectivity index (χ1v) is 2.37. The molecule has 4 N–H and O–H groups in total. The first-order valence-electron chi connectivity index (χ1n) is 2.37. The number of nitrogens with zero attached hydrogens (tertiary/aromatic N) is 1. The summed E-state index contributed by atoms with van der Waals surface area (Å²) < 4.78 is 0. The molecule has 0 aromatic carbocycles. The molecule has 0 aliphatic carbocycles. The van der Waals surface area contributed by atoms with Gasteiger partial charge in [-0.25, -0.2) is 5.01 Å². The van der Waals surface area contributed by atoms with Gasteiger partial charge in [-0.2, -0.15) is 0 Å². The highest BCUT2D eigenvalue weighted by molar-refractivity contribution is 5.69. The Kier molecular flexibility index (Phi) is 3.57. The lowest BCUT2D eigenvalue weighted by molar-refractivity contribution is -0.138. The van der Waals surface area contributed by atoms with Gasteiger partial charge in [0.2, 0.25) is 0 Å². The SMILES string of the molecule is N=CCN(N)CC(=O)O. The van der Waals surface area contributed by atoms with Crippen LogP contribution in [-0.4, -0.2) is 35.4 Å². The minimum absolute atomic E-state index is 0.173. The third-order valence-corrected chi connectivity index (χ3v) is 0.664. The highest BCUT2D eigenvalue weighted by Crippen LogP contribution is 1.72. The van der Waals surface area contributed by atoms with Crippen molar-refractivity contribution in [1.29, 1.82) is 5.41 Å². The molecule has 0 saturated heterocycles. The number of hydrogen-bond acceptors (Lipinski definition) is 4. The highest BCUT2D eigenvalue weighted by atomic mass is 16.4. The summed E-state index contributed by atoms with van der Waals surface area (Å²) in [7, 11) is 0. The molecule has 0 atom stereocenters. The third-order valence-electron chi connectivity index (χ3n) is 0.664. The van der Waals surface area contributed by atoms with E-state index in [1.165, 1.54) is 0 Å². The molecule has 0 aliphatic rings. The molecule has 0 fully saturated rings. The number of nitrogens with one attached hydrogen (secondary N) is 1. The summed E-state index contributed by atoms with van der Waals surface area (Å²) in [6.45, 7) is -0.0539. The van der Waals surface area contributed by atoms with E-state index in [1.807, 2.05) is 0 Å². The van der Waals surface area contributed by atoms with E-state index >= 15 is 0 Å². The van der Waals surface area contributed by atoms with Crippen LogP contribution in [0.3, 0.4) is 0 Å². The average molecular weight is 131 g/mol. The fourth-order valence-corrected chi connectivity index (χ4v) is 0.356. The molecular formula is C4H9N3O2. The molecule has 0 unspecified atom stereocenters. The minimum atomic E-state index is -0.987. The molecule has 9 heavy (non-hydrogen) atoms. The largest absolute Gasteiger partial charge is 0.480 e. The van der Waals surface area contributed by atoms with E-state index in [4.69, 9.17) is 16.4 Å². The molecule has 0 saturated carbocycles. The molecule has 5 heteroatoms. The number of aliphatic carboxylic acids is 1. The van der Waals surface area contributed by atoms with Crippen molar-refractivity contribution in [2.45, 2.75) is 0 Å². The lowest BCUT2D eigenvalue weighted by Crippen LogP contribution is -2.37. The van der Waals surface area contributed by atoms with Gasteiger partial charge in [-0.05, 0) is 0 Å². The normalized spacial score (nSPS) is 9.56. The van der Waals surface area contributed by atoms with Crippen molar-refractivity contribution in [3.63, 3.8) is 0 Å². The topological polar surface area (TPSA) is 90.4 Å². The highest BCUT2D eigenvalue weighted by Gasteiger charge is 2.00. The smallest absolute Gasteiger partial charge is 0.319 e. The number of hydrazine groups is 1. The van der Waals surface area contributed by atoms with E-state index in [-0.39, 0.29) is 13.1 Å². The second-order valence-corrected chi connectivity index (χ2v) is 1.53. The van der Waals surface area contributed by atoms with Crippen molar-refractivity contribution < 1.29 is 9.90 Å². The Morgan fingerprint density at radius 2 is 2.44 bits per heavy atom. The van der Waals surface area contributed by atoms with E-state index < -0.39 is 5.97 Å². The first-order chi connectivity index (χ1) is 4.16. The fraction of sp³-hybridized carbons (Fsp3) is 0.500. The molecule has 0 aliphatic heterocycles. The van der Waals surface area contributed by atoms with Crippen LogP contribution in [0.4, 0.5) is 0 Å². The van der Waals surface area contributed by atoms with Gasteiger partial charge in [0, 0.05) is 12.8 Å². The maximum atomic E-state index is 9.89. The Morgan fingerprint density at radius 3 is 2.78 bits per heavy atom. The molecule has 0 heterocycles. The van der Waals surface area contributed by atoms with E-state index in [9.17, 15) is 4.79 Å². The van der Waals surface area contributed by atoms with Gasteiger partial charge in [-0.15, -0.1) is 0 Å². The molecule has 5 nitrogen and oxygen atoms in total. The van der Waals surface area contributed by atoms with E-state index in [0.29, 0.717) is 0 Å². The summed E-state index contributed by atoms with van der Waals surface area (Å²) in [6.07, 6.45) is 1.04. The Labute approximate surface area is 52.5 Å². The quantitative estimate of drug-likeness (QED) is 0.256. The van der Waals surface area contributed by atoms with Gasteiger partial charge in [0.15, 0.2) is 0 Å². The van der Waals surface area contributed by atoms with Gasteiger partial charge in [0.1, 0.15) is 6.54 Å². The van der Waals surface area contributed by atoms with Gasteiger partial charge < -0.3 is 10.5 Å². The number of hydrogen-bond donors (Lipinski definition) is 3. The van der Waals surface area contributed by atoms with Crippen LogP contribution in [0.25, 0.3) is 0 Å². The summed E-state index contributed by atoms with van der Waals surface area (Å²) in [5.41, 5.74) is 0. The van der Waals surface area contributed by atoms with Crippen molar-refractivity contribution in [2.75, 3.05) is 13.1 Å². The number of rotatable bonds is 4. The standard InChI is InChI=1S/C4H9N3O2/c5-1-2-7(6)3-4(8)9/h1,5H,2-3,6H2,(H,8,9). The van der Waals surface area contributed by atoms with Crippen LogP contribution in [0, 0.1) is 5.41 Å². The molecule has 0 bridgehead atoms. The second kappa shape index (κ2) is 3.99. The van der Waals surface area contributed by atoms with Crippen LogP contribution < -0.4 is 5.84 Å². The number of nitrogens with two attached hydrogens (primary N) is 1. The predicted molar refractivity (Wildman–Crippen MR) is 32.2 cm³/mol. The monoisotopic (exact) mass is 131 g/mol. The van der Waals surface area contributed by atoms with Gasteiger partial charge in [-0.1, -0.05) is 0 Å². The molecular weight excluding hydrogens is 122 g/mol.